The van der Waals surface area contributed by atoms with Crippen LogP contribution in [0.5, 0.6) is 0 Å². The van der Waals surface area contributed by atoms with Gasteiger partial charge in [-0.15, -0.1) is 0 Å². The van der Waals surface area contributed by atoms with Crippen LogP contribution in [0, 0.1) is 0 Å². The minimum Gasteiger partial charge on any atom is -0.303 e. The van der Waals surface area contributed by atoms with Gasteiger partial charge >= 0.3 is 0 Å². The van der Waals surface area contributed by atoms with Gasteiger partial charge in [-0.3, -0.25) is 4.79 Å². The van der Waals surface area contributed by atoms with Crippen LogP contribution in [0.15, 0.2) is 0 Å². The van der Waals surface area contributed by atoms with Crippen LogP contribution in [0.3, 0.4) is 0 Å². The van der Waals surface area contributed by atoms with E-state index in [2.05, 4.69) is 25.7 Å². The predicted molar refractivity (Wildman–Crippen MR) is 66.2 cm³/mol. The van der Waals surface area contributed by atoms with E-state index in [0.29, 0.717) is 5.78 Å². The molecule has 0 radical (unpaired) electrons. The molecule has 0 saturated carbocycles. The monoisotopic (exact) mass is 213 g/mol. The number of carbonyl (C=O) groups excluding carboxylic acids is 1. The van der Waals surface area contributed by atoms with E-state index in [4.69, 9.17) is 0 Å². The Labute approximate surface area is 95.0 Å². The molecule has 0 atom stereocenters. The molecule has 0 unspecified atom stereocenters. The van der Waals surface area contributed by atoms with E-state index in [1.165, 1.54) is 19.3 Å². The molecule has 0 saturated heterocycles. The highest BCUT2D eigenvalue weighted by Gasteiger charge is 2.05. The second kappa shape index (κ2) is 10.2. The summed E-state index contributed by atoms with van der Waals surface area (Å²) in [5, 5.41) is 0. The number of rotatable bonds is 10. The van der Waals surface area contributed by atoms with Crippen molar-refractivity contribution in [2.45, 2.75) is 59.3 Å². The standard InChI is InChI=1S/C13H27NO/c1-4-7-8-9-13(15)10-12-14(6-3)11-5-2/h4-12H2,1-3H3. The molecule has 2 heteroatoms. The Kier molecular flexibility index (Phi) is 9.91. The third-order valence-corrected chi connectivity index (χ3v) is 2.75. The van der Waals surface area contributed by atoms with Crippen LogP contribution in [0.2, 0.25) is 0 Å². The summed E-state index contributed by atoms with van der Waals surface area (Å²) in [6.45, 7) is 9.66. The van der Waals surface area contributed by atoms with Gasteiger partial charge < -0.3 is 4.90 Å². The molecule has 0 aliphatic carbocycles. The first-order valence-corrected chi connectivity index (χ1v) is 6.48. The van der Waals surface area contributed by atoms with Crippen molar-refractivity contribution >= 4 is 5.78 Å². The van der Waals surface area contributed by atoms with E-state index in [9.17, 15) is 4.79 Å². The molecule has 0 aromatic rings. The second-order valence-corrected chi connectivity index (χ2v) is 4.18. The van der Waals surface area contributed by atoms with Crippen molar-refractivity contribution < 1.29 is 4.79 Å². The summed E-state index contributed by atoms with van der Waals surface area (Å²) in [6.07, 6.45) is 6.19. The first-order valence-electron chi connectivity index (χ1n) is 6.48. The van der Waals surface area contributed by atoms with Crippen molar-refractivity contribution in [2.24, 2.45) is 0 Å². The van der Waals surface area contributed by atoms with Crippen molar-refractivity contribution in [1.29, 1.82) is 0 Å². The molecule has 0 aromatic carbocycles. The summed E-state index contributed by atoms with van der Waals surface area (Å²) >= 11 is 0. The van der Waals surface area contributed by atoms with Crippen LogP contribution in [0.4, 0.5) is 0 Å². The van der Waals surface area contributed by atoms with E-state index in [1.54, 1.807) is 0 Å². The highest BCUT2D eigenvalue weighted by atomic mass is 16.1. The molecule has 0 rings (SSSR count). The maximum atomic E-state index is 11.5. The first-order chi connectivity index (χ1) is 7.24. The Morgan fingerprint density at radius 2 is 1.67 bits per heavy atom. The Morgan fingerprint density at radius 3 is 2.20 bits per heavy atom. The lowest BCUT2D eigenvalue weighted by Gasteiger charge is -2.18. The van der Waals surface area contributed by atoms with Crippen molar-refractivity contribution in [3.63, 3.8) is 0 Å². The number of hydrogen-bond donors (Lipinski definition) is 0. The number of hydrogen-bond acceptors (Lipinski definition) is 2. The SMILES string of the molecule is CCCCCC(=O)CCN(CC)CCC. The van der Waals surface area contributed by atoms with E-state index in [1.807, 2.05) is 0 Å². The Bertz CT molecular complexity index is 157. The van der Waals surface area contributed by atoms with Crippen molar-refractivity contribution in [1.82, 2.24) is 4.90 Å². The van der Waals surface area contributed by atoms with Crippen LogP contribution in [-0.2, 0) is 4.79 Å². The zero-order valence-corrected chi connectivity index (χ0v) is 10.7. The van der Waals surface area contributed by atoms with Gasteiger partial charge in [0.15, 0.2) is 0 Å². The van der Waals surface area contributed by atoms with E-state index >= 15 is 0 Å². The summed E-state index contributed by atoms with van der Waals surface area (Å²) in [4.78, 5) is 13.9. The number of unbranched alkanes of at least 4 members (excludes halogenated alkanes) is 2. The fourth-order valence-corrected chi connectivity index (χ4v) is 1.72. The maximum Gasteiger partial charge on any atom is 0.134 e. The molecule has 15 heavy (non-hydrogen) atoms. The van der Waals surface area contributed by atoms with Gasteiger partial charge in [0.1, 0.15) is 5.78 Å². The molecule has 0 aromatic heterocycles. The van der Waals surface area contributed by atoms with Crippen LogP contribution >= 0.6 is 0 Å². The van der Waals surface area contributed by atoms with Gasteiger partial charge in [-0.05, 0) is 25.9 Å². The molecule has 0 bridgehead atoms. The molecule has 0 fully saturated rings. The summed E-state index contributed by atoms with van der Waals surface area (Å²) in [5.74, 6) is 0.443. The topological polar surface area (TPSA) is 20.3 Å². The molecular formula is C13H27NO. The molecule has 90 valence electrons. The zero-order chi connectivity index (χ0) is 11.5. The van der Waals surface area contributed by atoms with Crippen LogP contribution in [-0.4, -0.2) is 30.3 Å². The maximum absolute atomic E-state index is 11.5. The van der Waals surface area contributed by atoms with Crippen LogP contribution in [0.1, 0.15) is 59.3 Å². The lowest BCUT2D eigenvalue weighted by atomic mass is 10.1. The molecule has 2 nitrogen and oxygen atoms in total. The summed E-state index contributed by atoms with van der Waals surface area (Å²) in [7, 11) is 0. The van der Waals surface area contributed by atoms with Crippen molar-refractivity contribution in [3.8, 4) is 0 Å². The van der Waals surface area contributed by atoms with Gasteiger partial charge in [0.25, 0.3) is 0 Å². The molecular weight excluding hydrogens is 186 g/mol. The van der Waals surface area contributed by atoms with Gasteiger partial charge in [0.05, 0.1) is 0 Å². The van der Waals surface area contributed by atoms with Crippen molar-refractivity contribution in [3.05, 3.63) is 0 Å². The van der Waals surface area contributed by atoms with Gasteiger partial charge in [0, 0.05) is 19.4 Å². The fraction of sp³-hybridized carbons (Fsp3) is 0.923. The lowest BCUT2D eigenvalue weighted by molar-refractivity contribution is -0.119. The Hall–Kier alpha value is -0.370. The van der Waals surface area contributed by atoms with E-state index in [0.717, 1.165) is 38.9 Å². The third-order valence-electron chi connectivity index (χ3n) is 2.75. The molecule has 0 heterocycles. The number of nitrogens with zero attached hydrogens (tertiary/aromatic N) is 1. The smallest absolute Gasteiger partial charge is 0.134 e. The Balaban J connectivity index is 3.50. The molecule has 0 aliphatic heterocycles. The largest absolute Gasteiger partial charge is 0.303 e. The summed E-state index contributed by atoms with van der Waals surface area (Å²) in [5.41, 5.74) is 0. The molecule has 0 spiro atoms. The second-order valence-electron chi connectivity index (χ2n) is 4.18. The van der Waals surface area contributed by atoms with Gasteiger partial charge in [-0.1, -0.05) is 33.6 Å². The average Bonchev–Trinajstić information content (AvgIpc) is 2.24. The minimum atomic E-state index is 0.443. The number of Topliss-reactive ketones (excluding diaryl/α,β-unsaturated/α-hetero) is 1. The normalized spacial score (nSPS) is 10.9. The van der Waals surface area contributed by atoms with Gasteiger partial charge in [-0.25, -0.2) is 0 Å². The highest BCUT2D eigenvalue weighted by molar-refractivity contribution is 5.78. The first kappa shape index (κ1) is 14.6. The van der Waals surface area contributed by atoms with Crippen LogP contribution in [0.25, 0.3) is 0 Å². The number of ketones is 1. The predicted octanol–water partition coefficient (Wildman–Crippen LogP) is 3.26. The third kappa shape index (κ3) is 8.61. The zero-order valence-electron chi connectivity index (χ0n) is 10.7. The van der Waals surface area contributed by atoms with Crippen LogP contribution < -0.4 is 0 Å². The fourth-order valence-electron chi connectivity index (χ4n) is 1.72. The molecule has 0 aliphatic rings. The lowest BCUT2D eigenvalue weighted by Crippen LogP contribution is -2.26. The molecule has 0 N–H and O–H groups in total. The Morgan fingerprint density at radius 1 is 0.933 bits per heavy atom. The van der Waals surface area contributed by atoms with E-state index < -0.39 is 0 Å². The van der Waals surface area contributed by atoms with Crippen molar-refractivity contribution in [2.75, 3.05) is 19.6 Å². The minimum absolute atomic E-state index is 0.443. The summed E-state index contributed by atoms with van der Waals surface area (Å²) in [6, 6.07) is 0. The van der Waals surface area contributed by atoms with E-state index in [-0.39, 0.29) is 0 Å². The quantitative estimate of drug-likeness (QED) is 0.519. The highest BCUT2D eigenvalue weighted by Crippen LogP contribution is 2.03. The van der Waals surface area contributed by atoms with Gasteiger partial charge in [0.2, 0.25) is 0 Å². The van der Waals surface area contributed by atoms with Gasteiger partial charge in [-0.2, -0.15) is 0 Å². The number of carbonyl (C=O) groups is 1. The average molecular weight is 213 g/mol. The summed E-state index contributed by atoms with van der Waals surface area (Å²) < 4.78 is 0. The molecule has 0 amide bonds.